The maximum atomic E-state index is 11.1. The molecule has 0 saturated heterocycles. The Kier molecular flexibility index (Phi) is 4.56. The van der Waals surface area contributed by atoms with Gasteiger partial charge in [-0.15, -0.1) is 5.48 Å². The highest BCUT2D eigenvalue weighted by Gasteiger charge is 2.40. The van der Waals surface area contributed by atoms with Crippen LogP contribution in [0.25, 0.3) is 0 Å². The number of carbonyl (C=O) groups is 1. The zero-order valence-corrected chi connectivity index (χ0v) is 11.7. The second-order valence-electron chi connectivity index (χ2n) is 4.56. The summed E-state index contributed by atoms with van der Waals surface area (Å²) in [5.41, 5.74) is 2.95. The van der Waals surface area contributed by atoms with Crippen molar-refractivity contribution in [3.8, 4) is 6.07 Å². The first-order chi connectivity index (χ1) is 10.6. The number of carboxylic acid groups (broad SMARTS) is 1. The van der Waals surface area contributed by atoms with Gasteiger partial charge in [0.05, 0.1) is 17.8 Å². The largest absolute Gasteiger partial charge is 0.478 e. The van der Waals surface area contributed by atoms with Gasteiger partial charge in [-0.3, -0.25) is 0 Å². The Morgan fingerprint density at radius 3 is 2.82 bits per heavy atom. The molecule has 112 valence electrons. The lowest BCUT2D eigenvalue weighted by atomic mass is 9.85. The summed E-state index contributed by atoms with van der Waals surface area (Å²) in [7, 11) is 0. The van der Waals surface area contributed by atoms with Crippen molar-refractivity contribution in [3.63, 3.8) is 0 Å². The monoisotopic (exact) mass is 299 g/mol. The molecule has 7 heteroatoms. The Hall–Kier alpha value is -3.11. The highest BCUT2D eigenvalue weighted by Crippen LogP contribution is 2.33. The van der Waals surface area contributed by atoms with Crippen LogP contribution in [0.1, 0.15) is 18.1 Å². The molecule has 0 aliphatic carbocycles. The second kappa shape index (κ2) is 6.56. The van der Waals surface area contributed by atoms with Crippen molar-refractivity contribution < 1.29 is 19.3 Å². The first kappa shape index (κ1) is 15.3. The highest BCUT2D eigenvalue weighted by molar-refractivity contribution is 5.89. The van der Waals surface area contributed by atoms with Crippen molar-refractivity contribution in [1.29, 1.82) is 5.26 Å². The molecule has 3 rings (SSSR count). The van der Waals surface area contributed by atoms with Gasteiger partial charge in [0.15, 0.2) is 0 Å². The molecule has 0 fully saturated rings. The number of hydrogen-bond donors (Lipinski definition) is 2. The minimum Gasteiger partial charge on any atom is -0.478 e. The molecule has 0 spiro atoms. The molecular formula is C15H13N3O4. The van der Waals surface area contributed by atoms with E-state index in [4.69, 9.17) is 15.2 Å². The van der Waals surface area contributed by atoms with Crippen LogP contribution in [0, 0.1) is 11.3 Å². The highest BCUT2D eigenvalue weighted by atomic mass is 16.6. The molecule has 1 aliphatic rings. The van der Waals surface area contributed by atoms with Crippen molar-refractivity contribution >= 4 is 5.97 Å². The standard InChI is InChI=1S/C12H10N2O3.C3H3NO/c1-12(10(11(15)16)7-17-14-12)9-4-2-3-8(5-9)6-13;1-2-4-5-3-1/h2-5,7,14H,1H3,(H,15,16);1-3H. The molecule has 2 aromatic rings. The molecule has 0 radical (unpaired) electrons. The quantitative estimate of drug-likeness (QED) is 0.872. The van der Waals surface area contributed by atoms with Crippen LogP contribution >= 0.6 is 0 Å². The number of hydrogen-bond acceptors (Lipinski definition) is 6. The zero-order chi connectivity index (χ0) is 16.0. The lowest BCUT2D eigenvalue weighted by Crippen LogP contribution is -2.38. The molecule has 2 N–H and O–H groups in total. The van der Waals surface area contributed by atoms with Gasteiger partial charge < -0.3 is 14.5 Å². The first-order valence-corrected chi connectivity index (χ1v) is 6.29. The van der Waals surface area contributed by atoms with Crippen molar-refractivity contribution in [2.24, 2.45) is 0 Å². The zero-order valence-electron chi connectivity index (χ0n) is 11.7. The topological polar surface area (TPSA) is 108 Å². The van der Waals surface area contributed by atoms with E-state index in [-0.39, 0.29) is 5.57 Å². The van der Waals surface area contributed by atoms with Gasteiger partial charge >= 0.3 is 5.97 Å². The van der Waals surface area contributed by atoms with Crippen molar-refractivity contribution in [2.45, 2.75) is 12.5 Å². The minimum atomic E-state index is -1.06. The molecule has 0 bridgehead atoms. The van der Waals surface area contributed by atoms with Crippen LogP contribution in [0.4, 0.5) is 0 Å². The summed E-state index contributed by atoms with van der Waals surface area (Å²) in [4.78, 5) is 16.0. The maximum absolute atomic E-state index is 11.1. The Morgan fingerprint density at radius 1 is 1.45 bits per heavy atom. The first-order valence-electron chi connectivity index (χ1n) is 6.29. The van der Waals surface area contributed by atoms with Crippen molar-refractivity contribution in [1.82, 2.24) is 10.6 Å². The van der Waals surface area contributed by atoms with E-state index >= 15 is 0 Å². The summed E-state index contributed by atoms with van der Waals surface area (Å²) in [6.45, 7) is 1.69. The average Bonchev–Trinajstić information content (AvgIpc) is 3.20. The lowest BCUT2D eigenvalue weighted by Gasteiger charge is -2.24. The van der Waals surface area contributed by atoms with Crippen LogP contribution < -0.4 is 5.48 Å². The number of rotatable bonds is 2. The van der Waals surface area contributed by atoms with Crippen LogP contribution in [0.15, 0.2) is 59.2 Å². The molecule has 2 heterocycles. The van der Waals surface area contributed by atoms with E-state index in [0.29, 0.717) is 11.1 Å². The number of carboxylic acids is 1. The van der Waals surface area contributed by atoms with E-state index in [0.717, 1.165) is 0 Å². The Balaban J connectivity index is 0.000000299. The smallest absolute Gasteiger partial charge is 0.337 e. The number of nitrogens with one attached hydrogen (secondary N) is 1. The van der Waals surface area contributed by atoms with E-state index in [2.05, 4.69) is 15.2 Å². The number of nitrogens with zero attached hydrogens (tertiary/aromatic N) is 2. The molecule has 1 aromatic heterocycles. The van der Waals surface area contributed by atoms with E-state index in [9.17, 15) is 4.79 Å². The summed E-state index contributed by atoms with van der Waals surface area (Å²) in [5.74, 6) is -1.06. The molecular weight excluding hydrogens is 286 g/mol. The number of aromatic nitrogens is 1. The van der Waals surface area contributed by atoms with Gasteiger partial charge in [-0.1, -0.05) is 17.3 Å². The van der Waals surface area contributed by atoms with Crippen LogP contribution in [-0.4, -0.2) is 16.2 Å². The maximum Gasteiger partial charge on any atom is 0.337 e. The summed E-state index contributed by atoms with van der Waals surface area (Å²) in [5, 5.41) is 21.3. The summed E-state index contributed by atoms with van der Waals surface area (Å²) in [6.07, 6.45) is 4.27. The van der Waals surface area contributed by atoms with Crippen LogP contribution in [0.2, 0.25) is 0 Å². The third-order valence-corrected chi connectivity index (χ3v) is 3.13. The number of hydroxylamine groups is 1. The molecule has 0 amide bonds. The molecule has 1 unspecified atom stereocenters. The molecule has 1 aliphatic heterocycles. The fraction of sp³-hybridized carbons (Fsp3) is 0.133. The summed E-state index contributed by atoms with van der Waals surface area (Å²) in [6, 6.07) is 10.5. The molecule has 0 saturated carbocycles. The third-order valence-electron chi connectivity index (χ3n) is 3.13. The molecule has 1 atom stereocenters. The summed E-state index contributed by atoms with van der Waals surface area (Å²) < 4.78 is 4.33. The minimum absolute atomic E-state index is 0.104. The fourth-order valence-corrected chi connectivity index (χ4v) is 1.93. The van der Waals surface area contributed by atoms with E-state index in [1.54, 1.807) is 43.5 Å². The van der Waals surface area contributed by atoms with Gasteiger partial charge in [0.25, 0.3) is 0 Å². The van der Waals surface area contributed by atoms with Gasteiger partial charge in [-0.05, 0) is 30.7 Å². The Morgan fingerprint density at radius 2 is 2.27 bits per heavy atom. The van der Waals surface area contributed by atoms with Gasteiger partial charge in [-0.25, -0.2) is 4.79 Å². The normalized spacial score (nSPS) is 19.2. The third kappa shape index (κ3) is 3.13. The molecule has 7 nitrogen and oxygen atoms in total. The molecule has 22 heavy (non-hydrogen) atoms. The second-order valence-corrected chi connectivity index (χ2v) is 4.56. The van der Waals surface area contributed by atoms with Gasteiger partial charge in [0.1, 0.15) is 23.6 Å². The van der Waals surface area contributed by atoms with E-state index < -0.39 is 11.5 Å². The van der Waals surface area contributed by atoms with Gasteiger partial charge in [0, 0.05) is 0 Å². The molecule has 1 aromatic carbocycles. The van der Waals surface area contributed by atoms with E-state index in [1.165, 1.54) is 12.5 Å². The predicted molar refractivity (Wildman–Crippen MR) is 75.0 cm³/mol. The number of nitriles is 1. The Bertz CT molecular complexity index is 701. The van der Waals surface area contributed by atoms with Crippen molar-refractivity contribution in [3.05, 3.63) is 65.8 Å². The van der Waals surface area contributed by atoms with Crippen LogP contribution in [0.3, 0.4) is 0 Å². The summed E-state index contributed by atoms with van der Waals surface area (Å²) >= 11 is 0. The van der Waals surface area contributed by atoms with Crippen molar-refractivity contribution in [2.75, 3.05) is 0 Å². The number of benzene rings is 1. The predicted octanol–water partition coefficient (Wildman–Crippen LogP) is 1.95. The lowest BCUT2D eigenvalue weighted by molar-refractivity contribution is -0.133. The average molecular weight is 299 g/mol. The Labute approximate surface area is 126 Å². The van der Waals surface area contributed by atoms with Gasteiger partial charge in [-0.2, -0.15) is 5.26 Å². The SMILES string of the molecule is CC1(c2cccc(C#N)c2)NOC=C1C(=O)O.c1cnoc1. The van der Waals surface area contributed by atoms with Gasteiger partial charge in [0.2, 0.25) is 0 Å². The van der Waals surface area contributed by atoms with E-state index in [1.807, 2.05) is 6.07 Å². The number of aliphatic carboxylic acids is 1. The fourth-order valence-electron chi connectivity index (χ4n) is 1.93. The van der Waals surface area contributed by atoms with Crippen LogP contribution in [0.5, 0.6) is 0 Å². The van der Waals surface area contributed by atoms with Crippen LogP contribution in [-0.2, 0) is 15.2 Å².